The lowest BCUT2D eigenvalue weighted by molar-refractivity contribution is -0.385. The Bertz CT molecular complexity index is 946. The maximum atomic E-state index is 12.3. The van der Waals surface area contributed by atoms with Crippen LogP contribution in [0.15, 0.2) is 36.4 Å². The minimum absolute atomic E-state index is 0.0970. The molecule has 0 heterocycles. The summed E-state index contributed by atoms with van der Waals surface area (Å²) in [7, 11) is 1.38. The first-order valence-electron chi connectivity index (χ1n) is 9.31. The van der Waals surface area contributed by atoms with Gasteiger partial charge in [-0.25, -0.2) is 0 Å². The van der Waals surface area contributed by atoms with Crippen LogP contribution in [0, 0.1) is 23.0 Å². The Morgan fingerprint density at radius 3 is 2.53 bits per heavy atom. The zero-order valence-corrected chi connectivity index (χ0v) is 18.2. The lowest BCUT2D eigenvalue weighted by Crippen LogP contribution is -2.18. The topological polar surface area (TPSA) is 111 Å². The van der Waals surface area contributed by atoms with Gasteiger partial charge in [0.1, 0.15) is 0 Å². The summed E-state index contributed by atoms with van der Waals surface area (Å²) in [6.45, 7) is 5.48. The molecule has 0 saturated heterocycles. The minimum atomic E-state index is -0.493. The van der Waals surface area contributed by atoms with Crippen LogP contribution < -0.4 is 15.4 Å². The summed E-state index contributed by atoms with van der Waals surface area (Å²) in [6, 6.07) is 10.1. The summed E-state index contributed by atoms with van der Waals surface area (Å²) in [5.74, 6) is 0.392. The van der Waals surface area contributed by atoms with Gasteiger partial charge in [0.05, 0.1) is 17.8 Å². The van der Waals surface area contributed by atoms with Crippen molar-refractivity contribution in [1.82, 2.24) is 0 Å². The summed E-state index contributed by atoms with van der Waals surface area (Å²) in [6.07, 6.45) is 0. The molecule has 0 spiro atoms. The smallest absolute Gasteiger partial charge is 0.311 e. The number of nitrogens with zero attached hydrogens (tertiary/aromatic N) is 1. The molecule has 8 nitrogen and oxygen atoms in total. The molecule has 0 bridgehead atoms. The van der Waals surface area contributed by atoms with Crippen LogP contribution in [0.2, 0.25) is 0 Å². The average molecular weight is 432 g/mol. The normalized spacial score (nSPS) is 10.6. The van der Waals surface area contributed by atoms with E-state index in [1.54, 1.807) is 38.1 Å². The number of nitro benzene ring substituents is 1. The Labute approximate surface area is 179 Å². The van der Waals surface area contributed by atoms with Gasteiger partial charge in [-0.1, -0.05) is 26.0 Å². The second kappa shape index (κ2) is 10.6. The molecule has 2 N–H and O–H groups in total. The number of aryl methyl sites for hydroxylation is 1. The average Bonchev–Trinajstić information content (AvgIpc) is 2.70. The molecule has 160 valence electrons. The number of ether oxygens (including phenoxy) is 1. The van der Waals surface area contributed by atoms with Crippen molar-refractivity contribution >= 4 is 40.6 Å². The van der Waals surface area contributed by atoms with Crippen LogP contribution >= 0.6 is 11.8 Å². The third-order valence-electron chi connectivity index (χ3n) is 4.25. The van der Waals surface area contributed by atoms with E-state index in [4.69, 9.17) is 4.74 Å². The van der Waals surface area contributed by atoms with Crippen molar-refractivity contribution < 1.29 is 19.2 Å². The molecular formula is C21H25N3O5S. The van der Waals surface area contributed by atoms with Gasteiger partial charge >= 0.3 is 5.69 Å². The van der Waals surface area contributed by atoms with Crippen LogP contribution in [0.1, 0.15) is 25.0 Å². The number of hydrogen-bond donors (Lipinski definition) is 2. The predicted molar refractivity (Wildman–Crippen MR) is 119 cm³/mol. The van der Waals surface area contributed by atoms with E-state index in [1.807, 2.05) is 13.0 Å². The van der Waals surface area contributed by atoms with Crippen molar-refractivity contribution in [2.24, 2.45) is 5.92 Å². The second-order valence-electron chi connectivity index (χ2n) is 6.98. The zero-order valence-electron chi connectivity index (χ0n) is 17.4. The van der Waals surface area contributed by atoms with Crippen LogP contribution in [0.5, 0.6) is 5.75 Å². The molecule has 2 rings (SSSR count). The third kappa shape index (κ3) is 6.48. The summed E-state index contributed by atoms with van der Waals surface area (Å²) >= 11 is 1.35. The lowest BCUT2D eigenvalue weighted by atomic mass is 10.1. The van der Waals surface area contributed by atoms with E-state index in [0.29, 0.717) is 17.1 Å². The molecule has 0 atom stereocenters. The van der Waals surface area contributed by atoms with Crippen LogP contribution in [0.4, 0.5) is 17.1 Å². The molecule has 0 saturated carbocycles. The van der Waals surface area contributed by atoms with E-state index in [2.05, 4.69) is 10.6 Å². The molecule has 2 aromatic carbocycles. The number of benzene rings is 2. The standard InChI is InChI=1S/C21H25N3O5S/c1-13(2)21(26)22-16-7-5-14(3)17(10-16)23-20(25)12-30-11-15-6-8-19(29-4)18(9-15)24(27)28/h5-10,13H,11-12H2,1-4H3,(H,22,26)(H,23,25). The Morgan fingerprint density at radius 2 is 1.90 bits per heavy atom. The van der Waals surface area contributed by atoms with Gasteiger partial charge in [-0.2, -0.15) is 0 Å². The van der Waals surface area contributed by atoms with Crippen molar-refractivity contribution in [3.05, 3.63) is 57.6 Å². The highest BCUT2D eigenvalue weighted by Gasteiger charge is 2.15. The van der Waals surface area contributed by atoms with E-state index in [1.165, 1.54) is 24.9 Å². The molecule has 0 fully saturated rings. The number of thioether (sulfide) groups is 1. The first-order valence-corrected chi connectivity index (χ1v) is 10.5. The largest absolute Gasteiger partial charge is 0.490 e. The highest BCUT2D eigenvalue weighted by molar-refractivity contribution is 7.99. The van der Waals surface area contributed by atoms with Gasteiger partial charge in [0.15, 0.2) is 5.75 Å². The highest BCUT2D eigenvalue weighted by atomic mass is 32.2. The van der Waals surface area contributed by atoms with Crippen molar-refractivity contribution in [1.29, 1.82) is 0 Å². The first-order chi connectivity index (χ1) is 14.2. The van der Waals surface area contributed by atoms with Crippen molar-refractivity contribution in [2.45, 2.75) is 26.5 Å². The van der Waals surface area contributed by atoms with Gasteiger partial charge in [0, 0.05) is 29.1 Å². The van der Waals surface area contributed by atoms with Gasteiger partial charge in [-0.3, -0.25) is 19.7 Å². The number of methoxy groups -OCH3 is 1. The molecule has 2 amide bonds. The molecule has 2 aromatic rings. The Morgan fingerprint density at radius 1 is 1.17 bits per heavy atom. The maximum absolute atomic E-state index is 12.3. The molecule has 0 aliphatic carbocycles. The quantitative estimate of drug-likeness (QED) is 0.450. The number of hydrogen-bond acceptors (Lipinski definition) is 6. The monoisotopic (exact) mass is 431 g/mol. The molecule has 0 aliphatic rings. The fourth-order valence-corrected chi connectivity index (χ4v) is 3.31. The second-order valence-corrected chi connectivity index (χ2v) is 7.96. The number of rotatable bonds is 9. The van der Waals surface area contributed by atoms with Crippen molar-refractivity contribution in [3.8, 4) is 5.75 Å². The van der Waals surface area contributed by atoms with Crippen molar-refractivity contribution in [3.63, 3.8) is 0 Å². The predicted octanol–water partition coefficient (Wildman–Crippen LogP) is 4.38. The van der Waals surface area contributed by atoms with Crippen LogP contribution in [0.25, 0.3) is 0 Å². The maximum Gasteiger partial charge on any atom is 0.311 e. The van der Waals surface area contributed by atoms with Crippen molar-refractivity contribution in [2.75, 3.05) is 23.5 Å². The molecule has 9 heteroatoms. The van der Waals surface area contributed by atoms with E-state index in [-0.39, 0.29) is 34.9 Å². The SMILES string of the molecule is COc1ccc(CSCC(=O)Nc2cc(NC(=O)C(C)C)ccc2C)cc1[N+](=O)[O-]. The van der Waals surface area contributed by atoms with Gasteiger partial charge in [0.2, 0.25) is 11.8 Å². The van der Waals surface area contributed by atoms with Crippen LogP contribution in [-0.4, -0.2) is 29.6 Å². The van der Waals surface area contributed by atoms with Gasteiger partial charge < -0.3 is 15.4 Å². The Kier molecular flexibility index (Phi) is 8.23. The number of carbonyl (C=O) groups is 2. The van der Waals surface area contributed by atoms with E-state index >= 15 is 0 Å². The molecule has 0 aromatic heterocycles. The highest BCUT2D eigenvalue weighted by Crippen LogP contribution is 2.29. The number of anilines is 2. The number of carbonyl (C=O) groups excluding carboxylic acids is 2. The molecule has 0 radical (unpaired) electrons. The fraction of sp³-hybridized carbons (Fsp3) is 0.333. The molecule has 0 aliphatic heterocycles. The van der Waals surface area contributed by atoms with Crippen LogP contribution in [-0.2, 0) is 15.3 Å². The first kappa shape index (κ1) is 23.2. The van der Waals surface area contributed by atoms with Gasteiger partial charge in [-0.15, -0.1) is 11.8 Å². The summed E-state index contributed by atoms with van der Waals surface area (Å²) in [4.78, 5) is 34.8. The van der Waals surface area contributed by atoms with Crippen LogP contribution in [0.3, 0.4) is 0 Å². The molecule has 30 heavy (non-hydrogen) atoms. The molecular weight excluding hydrogens is 406 g/mol. The summed E-state index contributed by atoms with van der Waals surface area (Å²) < 4.78 is 4.99. The fourth-order valence-electron chi connectivity index (χ4n) is 2.54. The van der Waals surface area contributed by atoms with E-state index < -0.39 is 4.92 Å². The van der Waals surface area contributed by atoms with Gasteiger partial charge in [0.25, 0.3) is 0 Å². The van der Waals surface area contributed by atoms with E-state index in [9.17, 15) is 19.7 Å². The Balaban J connectivity index is 1.94. The lowest BCUT2D eigenvalue weighted by Gasteiger charge is -2.12. The number of amides is 2. The van der Waals surface area contributed by atoms with E-state index in [0.717, 1.165) is 11.1 Å². The number of nitro groups is 1. The minimum Gasteiger partial charge on any atom is -0.490 e. The third-order valence-corrected chi connectivity index (χ3v) is 5.25. The molecule has 0 unspecified atom stereocenters. The zero-order chi connectivity index (χ0) is 22.3. The summed E-state index contributed by atoms with van der Waals surface area (Å²) in [5, 5.41) is 16.8. The number of nitrogens with one attached hydrogen (secondary N) is 2. The summed E-state index contributed by atoms with van der Waals surface area (Å²) in [5.41, 5.74) is 2.75. The van der Waals surface area contributed by atoms with Gasteiger partial charge in [-0.05, 0) is 36.2 Å². The Hall–Kier alpha value is -3.07.